The third-order valence-corrected chi connectivity index (χ3v) is 12.6. The molecule has 0 spiro atoms. The Kier molecular flexibility index (Phi) is 12.0. The van der Waals surface area contributed by atoms with Crippen molar-refractivity contribution in [3.8, 4) is 5.75 Å². The second-order valence-electron chi connectivity index (χ2n) is 13.4. The number of carbonyl (C=O) groups is 1. The predicted octanol–water partition coefficient (Wildman–Crippen LogP) is 5.50. The summed E-state index contributed by atoms with van der Waals surface area (Å²) in [5.74, 6) is 1.77. The molecule has 9 heteroatoms. The lowest BCUT2D eigenvalue weighted by molar-refractivity contribution is -0.126. The molecule has 3 aliphatic rings. The maximum Gasteiger partial charge on any atom is 0.246 e. The summed E-state index contributed by atoms with van der Waals surface area (Å²) in [6.45, 7) is 7.40. The van der Waals surface area contributed by atoms with Gasteiger partial charge in [-0.1, -0.05) is 30.3 Å². The molecule has 1 N–H and O–H groups in total. The molecule has 2 aromatic carbocycles. The fraction of sp³-hybridized carbons (Fsp3) is 0.639. The number of amides is 1. The van der Waals surface area contributed by atoms with Gasteiger partial charge < -0.3 is 19.7 Å². The Bertz CT molecular complexity index is 1330. The predicted molar refractivity (Wildman–Crippen MR) is 178 cm³/mol. The van der Waals surface area contributed by atoms with E-state index < -0.39 is 10.0 Å². The normalized spacial score (nSPS) is 23.7. The lowest BCUT2D eigenvalue weighted by Crippen LogP contribution is -2.42. The fourth-order valence-electron chi connectivity index (χ4n) is 7.97. The van der Waals surface area contributed by atoms with E-state index in [4.69, 9.17) is 9.47 Å². The van der Waals surface area contributed by atoms with Gasteiger partial charge in [0.15, 0.2) is 0 Å². The number of hydrogen-bond donors (Lipinski definition) is 1. The minimum absolute atomic E-state index is 0.0448. The highest BCUT2D eigenvalue weighted by molar-refractivity contribution is 7.89. The van der Waals surface area contributed by atoms with Crippen LogP contribution in [0.4, 0.5) is 0 Å². The molecule has 45 heavy (non-hydrogen) atoms. The molecule has 2 unspecified atom stereocenters. The summed E-state index contributed by atoms with van der Waals surface area (Å²) < 4.78 is 40.0. The van der Waals surface area contributed by atoms with E-state index in [2.05, 4.69) is 40.5 Å². The fourth-order valence-corrected chi connectivity index (χ4v) is 10.1. The molecular formula is C36H53N3O5S. The Morgan fingerprint density at radius 1 is 0.956 bits per heavy atom. The number of likely N-dealkylation sites (tertiary alicyclic amines) is 1. The van der Waals surface area contributed by atoms with E-state index in [0.717, 1.165) is 38.0 Å². The maximum absolute atomic E-state index is 13.6. The summed E-state index contributed by atoms with van der Waals surface area (Å²) in [5, 5.41) is 3.10. The van der Waals surface area contributed by atoms with Crippen molar-refractivity contribution < 1.29 is 22.7 Å². The van der Waals surface area contributed by atoms with Gasteiger partial charge in [-0.3, -0.25) is 4.79 Å². The first kappa shape index (κ1) is 33.9. The van der Waals surface area contributed by atoms with Crippen LogP contribution in [0.3, 0.4) is 0 Å². The first-order valence-corrected chi connectivity index (χ1v) is 18.5. The SMILES string of the molecule is COc1cc(C)c(S(=O)(=O)N2CCCC2COCC(=O)NCC2CCC(C(CCc3ccccc3)N3CCCC3)CC2)c(C)c1. The van der Waals surface area contributed by atoms with Crippen LogP contribution in [0.5, 0.6) is 5.75 Å². The van der Waals surface area contributed by atoms with Crippen molar-refractivity contribution in [2.24, 2.45) is 11.8 Å². The van der Waals surface area contributed by atoms with E-state index in [1.807, 2.05) is 0 Å². The van der Waals surface area contributed by atoms with Crippen molar-refractivity contribution in [1.82, 2.24) is 14.5 Å². The van der Waals surface area contributed by atoms with Gasteiger partial charge in [0.05, 0.1) is 18.6 Å². The molecular weight excluding hydrogens is 586 g/mol. The topological polar surface area (TPSA) is 88.2 Å². The number of benzene rings is 2. The number of nitrogens with one attached hydrogen (secondary N) is 1. The number of aryl methyl sites for hydroxylation is 3. The number of rotatable bonds is 14. The molecule has 0 aromatic heterocycles. The highest BCUT2D eigenvalue weighted by Crippen LogP contribution is 2.36. The van der Waals surface area contributed by atoms with E-state index in [1.165, 1.54) is 50.8 Å². The number of carbonyl (C=O) groups excluding carboxylic acids is 1. The van der Waals surface area contributed by atoms with Crippen LogP contribution < -0.4 is 10.1 Å². The minimum Gasteiger partial charge on any atom is -0.497 e. The highest BCUT2D eigenvalue weighted by Gasteiger charge is 2.37. The van der Waals surface area contributed by atoms with Crippen LogP contribution in [0.2, 0.25) is 0 Å². The average Bonchev–Trinajstić information content (AvgIpc) is 3.74. The molecule has 2 heterocycles. The standard InChI is InChI=1S/C36H53N3O5S/c1-27-22-33(43-3)23-28(2)36(27)45(41,42)39-21-9-12-32(39)25-44-26-35(40)37-24-30-13-16-31(17-14-30)34(38-19-7-8-20-38)18-15-29-10-5-4-6-11-29/h4-6,10-11,22-23,30-32,34H,7-9,12-21,24-26H2,1-3H3,(H,37,40). The van der Waals surface area contributed by atoms with Crippen LogP contribution in [0.15, 0.2) is 47.4 Å². The van der Waals surface area contributed by atoms with Crippen molar-refractivity contribution in [3.05, 3.63) is 59.2 Å². The van der Waals surface area contributed by atoms with Gasteiger partial charge in [-0.05, 0) is 132 Å². The van der Waals surface area contributed by atoms with Crippen molar-refractivity contribution in [2.75, 3.05) is 46.5 Å². The summed E-state index contributed by atoms with van der Waals surface area (Å²) in [5.41, 5.74) is 2.78. The number of hydrogen-bond acceptors (Lipinski definition) is 6. The van der Waals surface area contributed by atoms with Crippen LogP contribution in [0.25, 0.3) is 0 Å². The summed E-state index contributed by atoms with van der Waals surface area (Å²) in [4.78, 5) is 15.8. The molecule has 1 saturated carbocycles. The molecule has 1 amide bonds. The molecule has 8 nitrogen and oxygen atoms in total. The number of ether oxygens (including phenoxy) is 2. The molecule has 2 aliphatic heterocycles. The summed E-state index contributed by atoms with van der Waals surface area (Å²) in [6, 6.07) is 14.8. The van der Waals surface area contributed by atoms with Gasteiger partial charge in [-0.15, -0.1) is 0 Å². The first-order valence-electron chi connectivity index (χ1n) is 17.1. The average molecular weight is 640 g/mol. The minimum atomic E-state index is -3.69. The highest BCUT2D eigenvalue weighted by atomic mass is 32.2. The van der Waals surface area contributed by atoms with Crippen molar-refractivity contribution >= 4 is 15.9 Å². The monoisotopic (exact) mass is 639 g/mol. The van der Waals surface area contributed by atoms with Gasteiger partial charge >= 0.3 is 0 Å². The summed E-state index contributed by atoms with van der Waals surface area (Å²) >= 11 is 0. The van der Waals surface area contributed by atoms with E-state index in [1.54, 1.807) is 37.4 Å². The zero-order chi connectivity index (χ0) is 31.8. The number of sulfonamides is 1. The van der Waals surface area contributed by atoms with Gasteiger partial charge in [0.25, 0.3) is 0 Å². The van der Waals surface area contributed by atoms with Gasteiger partial charge in [0.1, 0.15) is 12.4 Å². The van der Waals surface area contributed by atoms with Gasteiger partial charge in [0, 0.05) is 25.2 Å². The van der Waals surface area contributed by atoms with Crippen LogP contribution in [-0.2, 0) is 26.0 Å². The smallest absolute Gasteiger partial charge is 0.246 e. The Morgan fingerprint density at radius 3 is 2.31 bits per heavy atom. The van der Waals surface area contributed by atoms with E-state index in [-0.39, 0.29) is 25.2 Å². The third kappa shape index (κ3) is 8.67. The van der Waals surface area contributed by atoms with E-state index >= 15 is 0 Å². The number of methoxy groups -OCH3 is 1. The molecule has 2 aromatic rings. The molecule has 5 rings (SSSR count). The third-order valence-electron chi connectivity index (χ3n) is 10.3. The van der Waals surface area contributed by atoms with Crippen molar-refractivity contribution in [3.63, 3.8) is 0 Å². The quantitative estimate of drug-likeness (QED) is 0.294. The summed E-state index contributed by atoms with van der Waals surface area (Å²) in [6.07, 6.45) is 11.3. The Balaban J connectivity index is 1.05. The largest absolute Gasteiger partial charge is 0.497 e. The van der Waals surface area contributed by atoms with Gasteiger partial charge in [-0.25, -0.2) is 8.42 Å². The lowest BCUT2D eigenvalue weighted by Gasteiger charge is -2.39. The second kappa shape index (κ2) is 15.9. The van der Waals surface area contributed by atoms with Crippen LogP contribution in [0, 0.1) is 25.7 Å². The zero-order valence-corrected chi connectivity index (χ0v) is 28.3. The Hall–Kier alpha value is -2.46. The van der Waals surface area contributed by atoms with Crippen LogP contribution in [-0.4, -0.2) is 82.1 Å². The van der Waals surface area contributed by atoms with Gasteiger partial charge in [0.2, 0.25) is 15.9 Å². The molecule has 248 valence electrons. The van der Waals surface area contributed by atoms with Crippen LogP contribution >= 0.6 is 0 Å². The van der Waals surface area contributed by atoms with E-state index in [9.17, 15) is 13.2 Å². The van der Waals surface area contributed by atoms with Crippen molar-refractivity contribution in [1.29, 1.82) is 0 Å². The Morgan fingerprint density at radius 2 is 1.64 bits per heavy atom. The number of nitrogens with zero attached hydrogens (tertiary/aromatic N) is 2. The maximum atomic E-state index is 13.6. The molecule has 0 radical (unpaired) electrons. The lowest BCUT2D eigenvalue weighted by atomic mass is 9.76. The summed E-state index contributed by atoms with van der Waals surface area (Å²) in [7, 11) is -2.11. The first-order chi connectivity index (χ1) is 21.8. The Labute approximate surface area is 270 Å². The van der Waals surface area contributed by atoms with Gasteiger partial charge in [-0.2, -0.15) is 4.31 Å². The molecule has 2 saturated heterocycles. The van der Waals surface area contributed by atoms with E-state index in [0.29, 0.717) is 46.8 Å². The second-order valence-corrected chi connectivity index (χ2v) is 15.3. The zero-order valence-electron chi connectivity index (χ0n) is 27.5. The van der Waals surface area contributed by atoms with Crippen LogP contribution in [0.1, 0.15) is 74.5 Å². The van der Waals surface area contributed by atoms with Crippen molar-refractivity contribution in [2.45, 2.75) is 95.0 Å². The molecule has 3 fully saturated rings. The molecule has 2 atom stereocenters. The molecule has 1 aliphatic carbocycles. The molecule has 0 bridgehead atoms.